The molecule has 2 atom stereocenters. The van der Waals surface area contributed by atoms with E-state index in [9.17, 15) is 8.78 Å². The van der Waals surface area contributed by atoms with Gasteiger partial charge in [0, 0.05) is 6.42 Å². The van der Waals surface area contributed by atoms with Crippen LogP contribution < -0.4 is 0 Å². The summed E-state index contributed by atoms with van der Waals surface area (Å²) in [5.41, 5.74) is 1.44. The molecule has 1 aliphatic carbocycles. The smallest absolute Gasteiger partial charge is 0.194 e. The second-order valence-corrected chi connectivity index (χ2v) is 7.97. The summed E-state index contributed by atoms with van der Waals surface area (Å²) in [6, 6.07) is 5.64. The van der Waals surface area contributed by atoms with Gasteiger partial charge >= 0.3 is 0 Å². The van der Waals surface area contributed by atoms with E-state index in [2.05, 4.69) is 36.0 Å². The van der Waals surface area contributed by atoms with Crippen molar-refractivity contribution < 1.29 is 13.2 Å². The van der Waals surface area contributed by atoms with Gasteiger partial charge in [0.05, 0.1) is 28.6 Å². The highest BCUT2D eigenvalue weighted by Crippen LogP contribution is 2.47. The van der Waals surface area contributed by atoms with Gasteiger partial charge in [0.25, 0.3) is 0 Å². The van der Waals surface area contributed by atoms with Gasteiger partial charge in [-0.25, -0.2) is 13.8 Å². The first-order valence-electron chi connectivity index (χ1n) is 10.3. The highest BCUT2D eigenvalue weighted by molar-refractivity contribution is 5.62. The lowest BCUT2D eigenvalue weighted by atomic mass is 9.68. The van der Waals surface area contributed by atoms with Crippen LogP contribution in [0.3, 0.4) is 0 Å². The fourth-order valence-corrected chi connectivity index (χ4v) is 4.31. The molecule has 0 fully saturated rings. The quantitative estimate of drug-likeness (QED) is 0.533. The second-order valence-electron chi connectivity index (χ2n) is 7.97. The molecule has 4 nitrogen and oxygen atoms in total. The Bertz CT molecular complexity index is 1010. The van der Waals surface area contributed by atoms with Crippen molar-refractivity contribution in [1.29, 1.82) is 0 Å². The standard InChI is InChI=1S/C23H25F2N3O/c1-4-7-20-26-13-19(29-20)23(3)11-10-14(5-2)15-12-18(27-28-22(15)23)21-16(24)8-6-9-17(21)25/h6,8-9,12-14H,4-5,7,10-11H2,1-3H3/t14-,23+/m0/s1. The van der Waals surface area contributed by atoms with Gasteiger partial charge in [-0.2, -0.15) is 5.10 Å². The minimum atomic E-state index is -0.634. The summed E-state index contributed by atoms with van der Waals surface area (Å²) >= 11 is 0. The molecule has 0 amide bonds. The Kier molecular flexibility index (Phi) is 5.19. The largest absolute Gasteiger partial charge is 0.445 e. The van der Waals surface area contributed by atoms with Crippen LogP contribution in [0.1, 0.15) is 75.3 Å². The van der Waals surface area contributed by atoms with Gasteiger partial charge in [-0.15, -0.1) is 5.10 Å². The highest BCUT2D eigenvalue weighted by Gasteiger charge is 2.42. The van der Waals surface area contributed by atoms with Crippen LogP contribution in [0.5, 0.6) is 0 Å². The number of hydrogen-bond acceptors (Lipinski definition) is 4. The van der Waals surface area contributed by atoms with Crippen LogP contribution in [-0.2, 0) is 11.8 Å². The number of hydrogen-bond donors (Lipinski definition) is 0. The van der Waals surface area contributed by atoms with E-state index in [-0.39, 0.29) is 17.2 Å². The van der Waals surface area contributed by atoms with Gasteiger partial charge in [0.1, 0.15) is 17.4 Å². The Morgan fingerprint density at radius 3 is 2.62 bits per heavy atom. The molecule has 0 radical (unpaired) electrons. The van der Waals surface area contributed by atoms with E-state index in [0.717, 1.165) is 55.0 Å². The van der Waals surface area contributed by atoms with Gasteiger partial charge < -0.3 is 4.42 Å². The molecule has 6 heteroatoms. The Morgan fingerprint density at radius 2 is 1.93 bits per heavy atom. The van der Waals surface area contributed by atoms with Gasteiger partial charge in [-0.1, -0.05) is 19.9 Å². The predicted octanol–water partition coefficient (Wildman–Crippen LogP) is 5.96. The van der Waals surface area contributed by atoms with Crippen LogP contribution in [0.2, 0.25) is 0 Å². The van der Waals surface area contributed by atoms with Crippen LogP contribution in [-0.4, -0.2) is 15.2 Å². The molecule has 4 rings (SSSR count). The van der Waals surface area contributed by atoms with Crippen molar-refractivity contribution in [1.82, 2.24) is 15.2 Å². The number of halogens is 2. The monoisotopic (exact) mass is 397 g/mol. The molecule has 0 unspecified atom stereocenters. The molecule has 152 valence electrons. The maximum absolute atomic E-state index is 14.3. The molecule has 0 saturated carbocycles. The summed E-state index contributed by atoms with van der Waals surface area (Å²) < 4.78 is 34.7. The molecule has 0 bridgehead atoms. The van der Waals surface area contributed by atoms with Gasteiger partial charge in [-0.05, 0) is 62.3 Å². The lowest BCUT2D eigenvalue weighted by molar-refractivity contribution is 0.321. The zero-order chi connectivity index (χ0) is 20.6. The molecule has 0 aliphatic heterocycles. The molecule has 29 heavy (non-hydrogen) atoms. The first-order valence-corrected chi connectivity index (χ1v) is 10.3. The topological polar surface area (TPSA) is 51.8 Å². The Labute approximate surface area is 169 Å². The van der Waals surface area contributed by atoms with Gasteiger partial charge in [0.15, 0.2) is 5.89 Å². The maximum Gasteiger partial charge on any atom is 0.194 e. The predicted molar refractivity (Wildman–Crippen MR) is 107 cm³/mol. The summed E-state index contributed by atoms with van der Waals surface area (Å²) in [6.45, 7) is 6.29. The number of nitrogens with zero attached hydrogens (tertiary/aromatic N) is 3. The molecular formula is C23H25F2N3O. The third-order valence-electron chi connectivity index (χ3n) is 6.05. The number of oxazole rings is 1. The number of aryl methyl sites for hydroxylation is 1. The van der Waals surface area contributed by atoms with Crippen LogP contribution >= 0.6 is 0 Å². The van der Waals surface area contributed by atoms with Crippen LogP contribution in [0.4, 0.5) is 8.78 Å². The highest BCUT2D eigenvalue weighted by atomic mass is 19.1. The minimum absolute atomic E-state index is 0.130. The van der Waals surface area contributed by atoms with Crippen LogP contribution in [0.15, 0.2) is 34.9 Å². The van der Waals surface area contributed by atoms with E-state index in [0.29, 0.717) is 0 Å². The van der Waals surface area contributed by atoms with E-state index < -0.39 is 17.0 Å². The fourth-order valence-electron chi connectivity index (χ4n) is 4.31. The summed E-state index contributed by atoms with van der Waals surface area (Å²) in [4.78, 5) is 4.41. The Morgan fingerprint density at radius 1 is 1.17 bits per heavy atom. The molecule has 2 heterocycles. The summed E-state index contributed by atoms with van der Waals surface area (Å²) in [6.07, 6.45) is 6.26. The zero-order valence-electron chi connectivity index (χ0n) is 17.0. The van der Waals surface area contributed by atoms with Crippen molar-refractivity contribution in [2.45, 2.75) is 64.2 Å². The van der Waals surface area contributed by atoms with Crippen LogP contribution in [0.25, 0.3) is 11.3 Å². The molecule has 2 aromatic heterocycles. The van der Waals surface area contributed by atoms with Crippen molar-refractivity contribution >= 4 is 0 Å². The molecule has 1 aromatic carbocycles. The lowest BCUT2D eigenvalue weighted by Gasteiger charge is -2.36. The van der Waals surface area contributed by atoms with Crippen molar-refractivity contribution in [2.75, 3.05) is 0 Å². The first kappa shape index (κ1) is 19.7. The van der Waals surface area contributed by atoms with E-state index >= 15 is 0 Å². The Hall–Kier alpha value is -2.63. The molecule has 0 spiro atoms. The fraction of sp³-hybridized carbons (Fsp3) is 0.435. The normalized spacial score (nSPS) is 21.2. The summed E-state index contributed by atoms with van der Waals surface area (Å²) in [7, 11) is 0. The van der Waals surface area contributed by atoms with E-state index in [1.165, 1.54) is 18.2 Å². The van der Waals surface area contributed by atoms with E-state index in [1.54, 1.807) is 12.3 Å². The molecule has 0 saturated heterocycles. The van der Waals surface area contributed by atoms with Crippen LogP contribution in [0, 0.1) is 11.6 Å². The average Bonchev–Trinajstić information content (AvgIpc) is 3.18. The summed E-state index contributed by atoms with van der Waals surface area (Å²) in [5, 5.41) is 8.71. The van der Waals surface area contributed by atoms with E-state index in [1.807, 2.05) is 0 Å². The van der Waals surface area contributed by atoms with Crippen molar-refractivity contribution in [3.8, 4) is 11.3 Å². The molecule has 0 N–H and O–H groups in total. The SMILES string of the molecule is CCCc1ncc([C@@]2(C)CC[C@H](CC)c3cc(-c4c(F)cccc4F)nnc32)o1. The zero-order valence-corrected chi connectivity index (χ0v) is 17.0. The second kappa shape index (κ2) is 7.65. The van der Waals surface area contributed by atoms with Crippen molar-refractivity contribution in [3.63, 3.8) is 0 Å². The summed E-state index contributed by atoms with van der Waals surface area (Å²) in [5.74, 6) is 0.493. The van der Waals surface area contributed by atoms with Gasteiger partial charge in [-0.3, -0.25) is 0 Å². The number of fused-ring (bicyclic) bond motifs is 1. The third kappa shape index (κ3) is 3.34. The molecular weight excluding hydrogens is 372 g/mol. The molecule has 1 aliphatic rings. The average molecular weight is 397 g/mol. The molecule has 3 aromatic rings. The first-order chi connectivity index (χ1) is 14.0. The minimum Gasteiger partial charge on any atom is -0.445 e. The number of benzene rings is 1. The third-order valence-corrected chi connectivity index (χ3v) is 6.05. The van der Waals surface area contributed by atoms with Crippen molar-refractivity contribution in [3.05, 3.63) is 65.0 Å². The number of rotatable bonds is 5. The van der Waals surface area contributed by atoms with Gasteiger partial charge in [0.2, 0.25) is 0 Å². The van der Waals surface area contributed by atoms with Crippen molar-refractivity contribution in [2.24, 2.45) is 0 Å². The van der Waals surface area contributed by atoms with E-state index in [4.69, 9.17) is 4.42 Å². The lowest BCUT2D eigenvalue weighted by Crippen LogP contribution is -2.32. The maximum atomic E-state index is 14.3. The number of aromatic nitrogens is 3. The Balaban J connectivity index is 1.84.